The molecule has 1 saturated heterocycles. The van der Waals surface area contributed by atoms with Gasteiger partial charge in [-0.05, 0) is 25.0 Å². The minimum absolute atomic E-state index is 0.214. The van der Waals surface area contributed by atoms with E-state index in [0.29, 0.717) is 31.3 Å². The summed E-state index contributed by atoms with van der Waals surface area (Å²) in [5.41, 5.74) is 0. The molecule has 2 heterocycles. The Kier molecular flexibility index (Phi) is 5.55. The lowest BCUT2D eigenvalue weighted by Gasteiger charge is -2.24. The van der Waals surface area contributed by atoms with Crippen molar-refractivity contribution in [2.24, 2.45) is 0 Å². The van der Waals surface area contributed by atoms with Crippen molar-refractivity contribution in [3.8, 4) is 0 Å². The van der Waals surface area contributed by atoms with E-state index in [-0.39, 0.29) is 23.9 Å². The SMILES string of the molecule is CC[C@H](O)C(=O)N1CCCN(S(=O)(=O)c2cccc3cnccc23)CC1. The van der Waals surface area contributed by atoms with Crippen LogP contribution in [0.2, 0.25) is 0 Å². The van der Waals surface area contributed by atoms with Gasteiger partial charge in [-0.25, -0.2) is 8.42 Å². The first-order chi connectivity index (χ1) is 12.4. The molecule has 1 aromatic heterocycles. The molecule has 2 aromatic rings. The zero-order valence-corrected chi connectivity index (χ0v) is 15.5. The molecule has 1 atom stereocenters. The van der Waals surface area contributed by atoms with Crippen LogP contribution in [-0.4, -0.2) is 65.9 Å². The summed E-state index contributed by atoms with van der Waals surface area (Å²) in [6.07, 6.45) is 3.08. The number of hydrogen-bond donors (Lipinski definition) is 1. The van der Waals surface area contributed by atoms with Gasteiger partial charge in [0.15, 0.2) is 0 Å². The molecule has 0 aliphatic carbocycles. The highest BCUT2D eigenvalue weighted by Crippen LogP contribution is 2.26. The molecule has 0 radical (unpaired) electrons. The maximum Gasteiger partial charge on any atom is 0.251 e. The number of aromatic nitrogens is 1. The maximum absolute atomic E-state index is 13.2. The first-order valence-corrected chi connectivity index (χ1v) is 10.2. The molecule has 0 unspecified atom stereocenters. The molecule has 1 N–H and O–H groups in total. The average molecular weight is 377 g/mol. The lowest BCUT2D eigenvalue weighted by Crippen LogP contribution is -2.41. The van der Waals surface area contributed by atoms with E-state index in [1.165, 1.54) is 4.31 Å². The topological polar surface area (TPSA) is 90.8 Å². The minimum Gasteiger partial charge on any atom is -0.383 e. The van der Waals surface area contributed by atoms with Gasteiger partial charge < -0.3 is 10.0 Å². The number of fused-ring (bicyclic) bond motifs is 1. The summed E-state index contributed by atoms with van der Waals surface area (Å²) in [5.74, 6) is -0.331. The van der Waals surface area contributed by atoms with Crippen molar-refractivity contribution >= 4 is 26.7 Å². The van der Waals surface area contributed by atoms with Gasteiger partial charge in [-0.1, -0.05) is 19.1 Å². The number of aliphatic hydroxyl groups is 1. The van der Waals surface area contributed by atoms with Crippen LogP contribution in [0, 0.1) is 0 Å². The molecule has 3 rings (SSSR count). The maximum atomic E-state index is 13.2. The quantitative estimate of drug-likeness (QED) is 0.865. The summed E-state index contributed by atoms with van der Waals surface area (Å²) in [6, 6.07) is 6.85. The lowest BCUT2D eigenvalue weighted by molar-refractivity contribution is -0.140. The van der Waals surface area contributed by atoms with Gasteiger partial charge in [-0.15, -0.1) is 0 Å². The number of benzene rings is 1. The predicted octanol–water partition coefficient (Wildman–Crippen LogP) is 1.23. The average Bonchev–Trinajstić information content (AvgIpc) is 2.93. The molecule has 1 fully saturated rings. The van der Waals surface area contributed by atoms with E-state index in [2.05, 4.69) is 4.98 Å². The molecule has 1 aromatic carbocycles. The van der Waals surface area contributed by atoms with Gasteiger partial charge in [0.1, 0.15) is 6.10 Å². The van der Waals surface area contributed by atoms with Crippen molar-refractivity contribution < 1.29 is 18.3 Å². The van der Waals surface area contributed by atoms with Crippen LogP contribution in [0.5, 0.6) is 0 Å². The van der Waals surface area contributed by atoms with Gasteiger partial charge in [0.2, 0.25) is 10.0 Å². The fourth-order valence-corrected chi connectivity index (χ4v) is 4.88. The third-order valence-electron chi connectivity index (χ3n) is 4.70. The minimum atomic E-state index is -3.68. The summed E-state index contributed by atoms with van der Waals surface area (Å²) < 4.78 is 27.8. The fraction of sp³-hybridized carbons (Fsp3) is 0.444. The van der Waals surface area contributed by atoms with Gasteiger partial charge in [0, 0.05) is 49.3 Å². The lowest BCUT2D eigenvalue weighted by atomic mass is 10.2. The van der Waals surface area contributed by atoms with Crippen LogP contribution in [0.3, 0.4) is 0 Å². The Balaban J connectivity index is 1.85. The molecule has 8 heteroatoms. The number of carbonyl (C=O) groups is 1. The Morgan fingerprint density at radius 2 is 2.04 bits per heavy atom. The van der Waals surface area contributed by atoms with Crippen LogP contribution in [0.25, 0.3) is 10.8 Å². The number of aliphatic hydroxyl groups excluding tert-OH is 1. The number of sulfonamides is 1. The molecule has 0 bridgehead atoms. The van der Waals surface area contributed by atoms with Crippen molar-refractivity contribution in [1.82, 2.24) is 14.2 Å². The highest BCUT2D eigenvalue weighted by atomic mass is 32.2. The zero-order chi connectivity index (χ0) is 18.7. The number of pyridine rings is 1. The Hall–Kier alpha value is -2.03. The molecular weight excluding hydrogens is 354 g/mol. The number of amides is 1. The van der Waals surface area contributed by atoms with E-state index in [4.69, 9.17) is 0 Å². The molecule has 0 spiro atoms. The summed E-state index contributed by atoms with van der Waals surface area (Å²) in [6.45, 7) is 3.02. The number of nitrogens with zero attached hydrogens (tertiary/aromatic N) is 3. The van der Waals surface area contributed by atoms with E-state index >= 15 is 0 Å². The zero-order valence-electron chi connectivity index (χ0n) is 14.7. The largest absolute Gasteiger partial charge is 0.383 e. The first kappa shape index (κ1) is 18.8. The van der Waals surface area contributed by atoms with Crippen LogP contribution < -0.4 is 0 Å². The van der Waals surface area contributed by atoms with Crippen molar-refractivity contribution in [3.63, 3.8) is 0 Å². The van der Waals surface area contributed by atoms with Crippen LogP contribution >= 0.6 is 0 Å². The summed E-state index contributed by atoms with van der Waals surface area (Å²) >= 11 is 0. The summed E-state index contributed by atoms with van der Waals surface area (Å²) in [4.78, 5) is 18.0. The Morgan fingerprint density at radius 3 is 2.81 bits per heavy atom. The van der Waals surface area contributed by atoms with Gasteiger partial charge in [0.05, 0.1) is 4.90 Å². The van der Waals surface area contributed by atoms with Crippen molar-refractivity contribution in [2.75, 3.05) is 26.2 Å². The van der Waals surface area contributed by atoms with E-state index in [9.17, 15) is 18.3 Å². The van der Waals surface area contributed by atoms with E-state index in [1.807, 2.05) is 6.07 Å². The molecule has 26 heavy (non-hydrogen) atoms. The van der Waals surface area contributed by atoms with Crippen molar-refractivity contribution in [2.45, 2.75) is 30.8 Å². The predicted molar refractivity (Wildman–Crippen MR) is 98.0 cm³/mol. The number of carbonyl (C=O) groups excluding carboxylic acids is 1. The van der Waals surface area contributed by atoms with Crippen LogP contribution in [0.1, 0.15) is 19.8 Å². The third-order valence-corrected chi connectivity index (χ3v) is 6.65. The molecule has 7 nitrogen and oxygen atoms in total. The number of hydrogen-bond acceptors (Lipinski definition) is 5. The second-order valence-electron chi connectivity index (χ2n) is 6.36. The summed E-state index contributed by atoms with van der Waals surface area (Å²) in [7, 11) is -3.68. The van der Waals surface area contributed by atoms with E-state index in [0.717, 1.165) is 5.39 Å². The smallest absolute Gasteiger partial charge is 0.251 e. The molecule has 1 aliphatic heterocycles. The van der Waals surface area contributed by atoms with Gasteiger partial charge >= 0.3 is 0 Å². The second kappa shape index (κ2) is 7.69. The van der Waals surface area contributed by atoms with Gasteiger partial charge in [-0.2, -0.15) is 4.31 Å². The Bertz CT molecular complexity index is 895. The summed E-state index contributed by atoms with van der Waals surface area (Å²) in [5, 5.41) is 11.2. The third kappa shape index (κ3) is 3.58. The highest BCUT2D eigenvalue weighted by Gasteiger charge is 2.30. The second-order valence-corrected chi connectivity index (χ2v) is 8.27. The molecule has 1 aliphatic rings. The molecule has 1 amide bonds. The molecule has 140 valence electrons. The van der Waals surface area contributed by atoms with E-state index < -0.39 is 16.1 Å². The van der Waals surface area contributed by atoms with Crippen molar-refractivity contribution in [3.05, 3.63) is 36.7 Å². The molecular formula is C18H23N3O4S. The fourth-order valence-electron chi connectivity index (χ4n) is 3.20. The van der Waals surface area contributed by atoms with Crippen LogP contribution in [0.4, 0.5) is 0 Å². The normalized spacial score (nSPS) is 17.8. The first-order valence-electron chi connectivity index (χ1n) is 8.75. The standard InChI is InChI=1S/C18H23N3O4S/c1-2-16(22)18(23)20-9-4-10-21(12-11-20)26(24,25)17-6-3-5-14-13-19-8-7-15(14)17/h3,5-8,13,16,22H,2,4,9-12H2,1H3/t16-/m0/s1. The van der Waals surface area contributed by atoms with Gasteiger partial charge in [0.25, 0.3) is 5.91 Å². The Labute approximate surface area is 153 Å². The Morgan fingerprint density at radius 1 is 1.23 bits per heavy atom. The van der Waals surface area contributed by atoms with Crippen LogP contribution in [-0.2, 0) is 14.8 Å². The van der Waals surface area contributed by atoms with Crippen LogP contribution in [0.15, 0.2) is 41.6 Å². The van der Waals surface area contributed by atoms with Crippen molar-refractivity contribution in [1.29, 1.82) is 0 Å². The van der Waals surface area contributed by atoms with Gasteiger partial charge in [-0.3, -0.25) is 9.78 Å². The monoisotopic (exact) mass is 377 g/mol. The van der Waals surface area contributed by atoms with E-state index in [1.54, 1.807) is 42.4 Å². The highest BCUT2D eigenvalue weighted by molar-refractivity contribution is 7.89. The number of rotatable bonds is 4. The molecule has 0 saturated carbocycles.